The van der Waals surface area contributed by atoms with Crippen LogP contribution < -0.4 is 15.5 Å². The number of benzene rings is 1. The molecule has 0 aliphatic carbocycles. The Morgan fingerprint density at radius 3 is 2.69 bits per heavy atom. The number of aromatic nitrogens is 1. The molecule has 2 heterocycles. The molecule has 6 nitrogen and oxygen atoms in total. The summed E-state index contributed by atoms with van der Waals surface area (Å²) in [6, 6.07) is 11.7. The quantitative estimate of drug-likeness (QED) is 0.354. The minimum Gasteiger partial charge on any atom is -0.352 e. The van der Waals surface area contributed by atoms with E-state index >= 15 is 0 Å². The summed E-state index contributed by atoms with van der Waals surface area (Å²) in [6.07, 6.45) is 2.54. The lowest BCUT2D eigenvalue weighted by Gasteiger charge is -2.20. The summed E-state index contributed by atoms with van der Waals surface area (Å²) in [7, 11) is 5.91. The molecule has 0 radical (unpaired) electrons. The second kappa shape index (κ2) is 11.3. The Bertz CT molecular complexity index is 813. The molecule has 1 atom stereocenters. The first-order valence-corrected chi connectivity index (χ1v) is 9.61. The van der Waals surface area contributed by atoms with Crippen LogP contribution >= 0.6 is 24.0 Å². The van der Waals surface area contributed by atoms with Gasteiger partial charge in [-0.2, -0.15) is 0 Å². The van der Waals surface area contributed by atoms with Crippen molar-refractivity contribution in [3.8, 4) is 0 Å². The van der Waals surface area contributed by atoms with Crippen LogP contribution in [0.25, 0.3) is 0 Å². The van der Waals surface area contributed by atoms with Crippen molar-refractivity contribution in [2.24, 2.45) is 4.99 Å². The number of nitrogens with one attached hydrogen (secondary N) is 2. The van der Waals surface area contributed by atoms with E-state index in [1.807, 2.05) is 4.90 Å². The zero-order chi connectivity index (χ0) is 19.9. The largest absolute Gasteiger partial charge is 0.352 e. The fourth-order valence-electron chi connectivity index (χ4n) is 3.47. The zero-order valence-corrected chi connectivity index (χ0v) is 19.6. The van der Waals surface area contributed by atoms with Crippen LogP contribution in [-0.4, -0.2) is 56.1 Å². The normalized spacial score (nSPS) is 16.7. The third kappa shape index (κ3) is 6.53. The maximum Gasteiger partial charge on any atom is 0.191 e. The van der Waals surface area contributed by atoms with Crippen LogP contribution in [0.15, 0.2) is 47.6 Å². The van der Waals surface area contributed by atoms with Gasteiger partial charge < -0.3 is 20.4 Å². The standard InChI is InChI=1S/C21H29FN6.HI/c1-23-21(25-13-16-7-4-5-8-17(16)14-27(2)3)26-18-10-12-28(15-18)20-19(22)9-6-11-24-20;/h4-9,11,18H,10,12-15H2,1-3H3,(H2,23,25,26);1H. The molecule has 1 aromatic carbocycles. The maximum atomic E-state index is 14.0. The summed E-state index contributed by atoms with van der Waals surface area (Å²) in [6.45, 7) is 3.08. The number of pyridine rings is 1. The molecule has 3 rings (SSSR count). The highest BCUT2D eigenvalue weighted by molar-refractivity contribution is 14.0. The Kier molecular flexibility index (Phi) is 9.09. The average molecular weight is 512 g/mol. The highest BCUT2D eigenvalue weighted by atomic mass is 127. The molecule has 0 bridgehead atoms. The SMILES string of the molecule is CN=C(NCc1ccccc1CN(C)C)NC1CCN(c2ncccc2F)C1.I. The van der Waals surface area contributed by atoms with E-state index in [4.69, 9.17) is 0 Å². The van der Waals surface area contributed by atoms with Crippen LogP contribution in [0.4, 0.5) is 10.2 Å². The molecule has 1 aromatic heterocycles. The molecule has 158 valence electrons. The van der Waals surface area contributed by atoms with E-state index in [0.717, 1.165) is 25.5 Å². The van der Waals surface area contributed by atoms with Crippen LogP contribution in [0, 0.1) is 5.82 Å². The lowest BCUT2D eigenvalue weighted by molar-refractivity contribution is 0.400. The number of halogens is 2. The number of guanidine groups is 1. The third-order valence-electron chi connectivity index (χ3n) is 4.84. The molecule has 2 aromatic rings. The fourth-order valence-corrected chi connectivity index (χ4v) is 3.47. The van der Waals surface area contributed by atoms with Gasteiger partial charge in [-0.05, 0) is 43.8 Å². The summed E-state index contributed by atoms with van der Waals surface area (Å²) >= 11 is 0. The molecule has 1 aliphatic heterocycles. The van der Waals surface area contributed by atoms with Crippen molar-refractivity contribution in [3.63, 3.8) is 0 Å². The van der Waals surface area contributed by atoms with Gasteiger partial charge in [0, 0.05) is 45.5 Å². The summed E-state index contributed by atoms with van der Waals surface area (Å²) in [5, 5.41) is 6.86. The van der Waals surface area contributed by atoms with E-state index in [1.54, 1.807) is 19.3 Å². The lowest BCUT2D eigenvalue weighted by atomic mass is 10.1. The van der Waals surface area contributed by atoms with E-state index in [9.17, 15) is 4.39 Å². The van der Waals surface area contributed by atoms with Crippen LogP contribution in [0.3, 0.4) is 0 Å². The van der Waals surface area contributed by atoms with Crippen molar-refractivity contribution in [2.45, 2.75) is 25.6 Å². The predicted molar refractivity (Wildman–Crippen MR) is 127 cm³/mol. The molecule has 0 amide bonds. The van der Waals surface area contributed by atoms with Gasteiger partial charge in [-0.15, -0.1) is 24.0 Å². The monoisotopic (exact) mass is 512 g/mol. The van der Waals surface area contributed by atoms with Gasteiger partial charge >= 0.3 is 0 Å². The molecule has 29 heavy (non-hydrogen) atoms. The van der Waals surface area contributed by atoms with Gasteiger partial charge in [0.25, 0.3) is 0 Å². The molecular weight excluding hydrogens is 482 g/mol. The van der Waals surface area contributed by atoms with Crippen molar-refractivity contribution in [2.75, 3.05) is 39.1 Å². The van der Waals surface area contributed by atoms with Crippen molar-refractivity contribution in [1.82, 2.24) is 20.5 Å². The van der Waals surface area contributed by atoms with E-state index in [2.05, 4.69) is 63.9 Å². The van der Waals surface area contributed by atoms with E-state index in [1.165, 1.54) is 17.2 Å². The zero-order valence-electron chi connectivity index (χ0n) is 17.2. The number of hydrogen-bond acceptors (Lipinski definition) is 4. The first-order valence-electron chi connectivity index (χ1n) is 9.61. The van der Waals surface area contributed by atoms with Crippen LogP contribution in [0.2, 0.25) is 0 Å². The number of hydrogen-bond donors (Lipinski definition) is 2. The lowest BCUT2D eigenvalue weighted by Crippen LogP contribution is -2.44. The summed E-state index contributed by atoms with van der Waals surface area (Å²) in [5.74, 6) is 0.906. The van der Waals surface area contributed by atoms with Gasteiger partial charge in [0.15, 0.2) is 17.6 Å². The first kappa shape index (κ1) is 23.3. The van der Waals surface area contributed by atoms with Gasteiger partial charge in [-0.25, -0.2) is 9.37 Å². The highest BCUT2D eigenvalue weighted by Crippen LogP contribution is 2.20. The molecular formula is C21H30FIN6. The summed E-state index contributed by atoms with van der Waals surface area (Å²) in [5.41, 5.74) is 2.55. The number of anilines is 1. The molecule has 8 heteroatoms. The Morgan fingerprint density at radius 1 is 1.24 bits per heavy atom. The van der Waals surface area contributed by atoms with Crippen LogP contribution in [0.5, 0.6) is 0 Å². The number of nitrogens with zero attached hydrogens (tertiary/aromatic N) is 4. The fraction of sp³-hybridized carbons (Fsp3) is 0.429. The molecule has 1 unspecified atom stereocenters. The third-order valence-corrected chi connectivity index (χ3v) is 4.84. The van der Waals surface area contributed by atoms with E-state index < -0.39 is 0 Å². The smallest absolute Gasteiger partial charge is 0.191 e. The molecule has 1 fully saturated rings. The molecule has 0 spiro atoms. The van der Waals surface area contributed by atoms with Crippen molar-refractivity contribution in [3.05, 3.63) is 59.5 Å². The van der Waals surface area contributed by atoms with Gasteiger partial charge in [-0.1, -0.05) is 24.3 Å². The van der Waals surface area contributed by atoms with E-state index in [0.29, 0.717) is 18.9 Å². The Morgan fingerprint density at radius 2 is 2.00 bits per heavy atom. The van der Waals surface area contributed by atoms with Crippen LogP contribution in [-0.2, 0) is 13.1 Å². The second-order valence-corrected chi connectivity index (χ2v) is 7.32. The molecule has 0 saturated carbocycles. The minimum atomic E-state index is -0.275. The average Bonchev–Trinajstić information content (AvgIpc) is 3.14. The van der Waals surface area contributed by atoms with Gasteiger partial charge in [0.2, 0.25) is 0 Å². The first-order chi connectivity index (χ1) is 13.6. The summed E-state index contributed by atoms with van der Waals surface area (Å²) < 4.78 is 14.0. The predicted octanol–water partition coefficient (Wildman–Crippen LogP) is 2.84. The Hall–Kier alpha value is -1.94. The second-order valence-electron chi connectivity index (χ2n) is 7.32. The van der Waals surface area contributed by atoms with Gasteiger partial charge in [0.1, 0.15) is 0 Å². The van der Waals surface area contributed by atoms with Crippen molar-refractivity contribution in [1.29, 1.82) is 0 Å². The highest BCUT2D eigenvalue weighted by Gasteiger charge is 2.25. The Balaban J connectivity index is 0.00000300. The van der Waals surface area contributed by atoms with Gasteiger partial charge in [0.05, 0.1) is 0 Å². The summed E-state index contributed by atoms with van der Waals surface area (Å²) in [4.78, 5) is 12.7. The topological polar surface area (TPSA) is 55.8 Å². The maximum absolute atomic E-state index is 14.0. The Labute approximate surface area is 189 Å². The molecule has 1 aliphatic rings. The minimum absolute atomic E-state index is 0. The number of aliphatic imine (C=N–C) groups is 1. The van der Waals surface area contributed by atoms with Crippen molar-refractivity contribution < 1.29 is 4.39 Å². The molecule has 2 N–H and O–H groups in total. The van der Waals surface area contributed by atoms with Gasteiger partial charge in [-0.3, -0.25) is 4.99 Å². The number of rotatable bonds is 6. The van der Waals surface area contributed by atoms with E-state index in [-0.39, 0.29) is 35.8 Å². The molecule has 1 saturated heterocycles. The van der Waals surface area contributed by atoms with Crippen molar-refractivity contribution >= 4 is 35.8 Å². The van der Waals surface area contributed by atoms with Crippen LogP contribution in [0.1, 0.15) is 17.5 Å².